The Labute approximate surface area is 140 Å². The zero-order chi connectivity index (χ0) is 15.4. The summed E-state index contributed by atoms with van der Waals surface area (Å²) in [4.78, 5) is 0. The van der Waals surface area contributed by atoms with E-state index in [1.54, 1.807) is 0 Å². The van der Waals surface area contributed by atoms with Gasteiger partial charge in [0.25, 0.3) is 0 Å². The fraction of sp³-hybridized carbons (Fsp3) is 0.579. The second kappa shape index (κ2) is 5.11. The van der Waals surface area contributed by atoms with E-state index in [2.05, 4.69) is 56.3 Å². The Morgan fingerprint density at radius 2 is 2.09 bits per heavy atom. The van der Waals surface area contributed by atoms with Crippen LogP contribution in [0.25, 0.3) is 6.08 Å². The molecular weight excluding hydrogens is 359 g/mol. The van der Waals surface area contributed by atoms with Gasteiger partial charge >= 0.3 is 141 Å². The number of benzene rings is 1. The van der Waals surface area contributed by atoms with Crippen molar-refractivity contribution in [2.75, 3.05) is 0 Å². The van der Waals surface area contributed by atoms with Crippen molar-refractivity contribution in [3.05, 3.63) is 42.0 Å². The Bertz CT molecular complexity index is 599. The SMILES string of the molecule is CC1(C)[C@H]2CC[C@@]13C[Se](Cl)(C/C=C/c1ccccc1)O[C@H]3C2. The number of hydrogen-bond donors (Lipinski definition) is 0. The molecule has 22 heavy (non-hydrogen) atoms. The van der Waals surface area contributed by atoms with Gasteiger partial charge < -0.3 is 0 Å². The number of halogens is 1. The molecule has 1 heterocycles. The van der Waals surface area contributed by atoms with Gasteiger partial charge in [0.15, 0.2) is 0 Å². The van der Waals surface area contributed by atoms with Crippen molar-refractivity contribution >= 4 is 28.4 Å². The van der Waals surface area contributed by atoms with Crippen LogP contribution >= 0.6 is 10.1 Å². The minimum atomic E-state index is -2.31. The molecule has 120 valence electrons. The molecule has 1 spiro atoms. The molecule has 4 atom stereocenters. The molecule has 3 heteroatoms. The van der Waals surface area contributed by atoms with Gasteiger partial charge in [0, 0.05) is 0 Å². The maximum absolute atomic E-state index is 7.04. The van der Waals surface area contributed by atoms with Gasteiger partial charge in [-0.1, -0.05) is 0 Å². The number of hydrogen-bond acceptors (Lipinski definition) is 1. The molecule has 1 unspecified atom stereocenters. The first kappa shape index (κ1) is 15.3. The van der Waals surface area contributed by atoms with Crippen molar-refractivity contribution in [1.29, 1.82) is 0 Å². The summed E-state index contributed by atoms with van der Waals surface area (Å²) in [6.45, 7) is 4.93. The molecule has 2 bridgehead atoms. The van der Waals surface area contributed by atoms with Crippen molar-refractivity contribution in [2.45, 2.75) is 49.9 Å². The van der Waals surface area contributed by atoms with Crippen LogP contribution in [0, 0.1) is 16.7 Å². The van der Waals surface area contributed by atoms with E-state index in [1.807, 2.05) is 0 Å². The zero-order valence-electron chi connectivity index (χ0n) is 13.4. The van der Waals surface area contributed by atoms with Gasteiger partial charge in [-0.2, -0.15) is 0 Å². The monoisotopic (exact) mass is 384 g/mol. The van der Waals surface area contributed by atoms with Crippen molar-refractivity contribution in [2.24, 2.45) is 16.7 Å². The summed E-state index contributed by atoms with van der Waals surface area (Å²) >= 11 is -2.31. The van der Waals surface area contributed by atoms with E-state index in [0.29, 0.717) is 16.9 Å². The Kier molecular flexibility index (Phi) is 3.55. The molecule has 2 saturated carbocycles. The van der Waals surface area contributed by atoms with Crippen LogP contribution < -0.4 is 0 Å². The predicted molar refractivity (Wildman–Crippen MR) is 95.1 cm³/mol. The normalized spacial score (nSPS) is 45.0. The second-order valence-electron chi connectivity index (χ2n) is 7.78. The summed E-state index contributed by atoms with van der Waals surface area (Å²) in [6.07, 6.45) is 8.87. The van der Waals surface area contributed by atoms with Crippen LogP contribution in [0.5, 0.6) is 0 Å². The van der Waals surface area contributed by atoms with Crippen LogP contribution in [0.15, 0.2) is 36.4 Å². The first-order chi connectivity index (χ1) is 10.5. The molecule has 3 aliphatic rings. The van der Waals surface area contributed by atoms with E-state index in [0.717, 1.165) is 11.2 Å². The Balaban J connectivity index is 1.49. The molecule has 0 radical (unpaired) electrons. The molecular formula is C19H25ClOSe. The number of fused-ring (bicyclic) bond motifs is 1. The maximum atomic E-state index is 7.04. The molecule has 0 N–H and O–H groups in total. The van der Waals surface area contributed by atoms with E-state index in [1.165, 1.54) is 30.1 Å². The van der Waals surface area contributed by atoms with Gasteiger partial charge in [0.05, 0.1) is 0 Å². The van der Waals surface area contributed by atoms with E-state index in [-0.39, 0.29) is 0 Å². The van der Waals surface area contributed by atoms with E-state index >= 15 is 0 Å². The van der Waals surface area contributed by atoms with Gasteiger partial charge in [-0.05, 0) is 0 Å². The molecule has 0 amide bonds. The summed E-state index contributed by atoms with van der Waals surface area (Å²) in [5.41, 5.74) is 2.06. The van der Waals surface area contributed by atoms with Gasteiger partial charge in [-0.3, -0.25) is 0 Å². The molecule has 1 aliphatic heterocycles. The van der Waals surface area contributed by atoms with Crippen LogP contribution in [0.2, 0.25) is 10.6 Å². The van der Waals surface area contributed by atoms with Crippen molar-refractivity contribution in [3.63, 3.8) is 0 Å². The van der Waals surface area contributed by atoms with E-state index in [4.69, 9.17) is 13.9 Å². The van der Waals surface area contributed by atoms with E-state index in [9.17, 15) is 0 Å². The van der Waals surface area contributed by atoms with Crippen LogP contribution in [-0.2, 0) is 3.82 Å². The van der Waals surface area contributed by atoms with Crippen molar-refractivity contribution < 1.29 is 3.82 Å². The topological polar surface area (TPSA) is 9.23 Å². The van der Waals surface area contributed by atoms with Crippen LogP contribution in [0.1, 0.15) is 38.7 Å². The zero-order valence-corrected chi connectivity index (χ0v) is 15.9. The Morgan fingerprint density at radius 1 is 1.32 bits per heavy atom. The van der Waals surface area contributed by atoms with Crippen LogP contribution in [0.4, 0.5) is 0 Å². The molecule has 1 nitrogen and oxygen atoms in total. The van der Waals surface area contributed by atoms with Crippen molar-refractivity contribution in [3.8, 4) is 0 Å². The first-order valence-corrected chi connectivity index (χ1v) is 13.7. The van der Waals surface area contributed by atoms with Gasteiger partial charge in [-0.25, -0.2) is 0 Å². The second-order valence-corrected chi connectivity index (χ2v) is 15.4. The Hall–Kier alpha value is -0.271. The van der Waals surface area contributed by atoms with Crippen molar-refractivity contribution in [1.82, 2.24) is 0 Å². The third-order valence-electron chi connectivity index (χ3n) is 6.57. The Morgan fingerprint density at radius 3 is 2.77 bits per heavy atom. The summed E-state index contributed by atoms with van der Waals surface area (Å²) in [5.74, 6) is 0.857. The predicted octanol–water partition coefficient (Wildman–Crippen LogP) is 5.61. The molecule has 2 aliphatic carbocycles. The van der Waals surface area contributed by atoms with Crippen LogP contribution in [0.3, 0.4) is 0 Å². The molecule has 1 aromatic rings. The minimum absolute atomic E-state index is 0.389. The van der Waals surface area contributed by atoms with Gasteiger partial charge in [0.2, 0.25) is 0 Å². The summed E-state index contributed by atoms with van der Waals surface area (Å²) in [5, 5.41) is 2.12. The van der Waals surface area contributed by atoms with E-state index < -0.39 is 12.3 Å². The first-order valence-electron chi connectivity index (χ1n) is 8.33. The standard InChI is InChI=1S/C19H25ClOSe/c1-18(2)16-10-11-19(18)14-22(20,21-17(19)13-16)12-6-9-15-7-4-3-5-8-15/h3-9,16-17H,10-14H2,1-2H3/b9-6+/t16-,17-,19-/m0/s1. The van der Waals surface area contributed by atoms with Gasteiger partial charge in [-0.15, -0.1) is 0 Å². The molecule has 3 fully saturated rings. The molecule has 1 aromatic carbocycles. The van der Waals surface area contributed by atoms with Gasteiger partial charge in [0.1, 0.15) is 0 Å². The fourth-order valence-corrected chi connectivity index (χ4v) is 12.8. The third kappa shape index (κ3) is 2.15. The third-order valence-corrected chi connectivity index (χ3v) is 12.8. The quantitative estimate of drug-likeness (QED) is 0.617. The average molecular weight is 384 g/mol. The number of rotatable bonds is 3. The summed E-state index contributed by atoms with van der Waals surface area (Å²) in [6, 6.07) is 10.5. The average Bonchev–Trinajstić information content (AvgIpc) is 2.99. The summed E-state index contributed by atoms with van der Waals surface area (Å²) in [7, 11) is 7.04. The number of allylic oxidation sites excluding steroid dienone is 1. The fourth-order valence-electron chi connectivity index (χ4n) is 5.09. The molecule has 4 rings (SSSR count). The summed E-state index contributed by atoms with van der Waals surface area (Å²) < 4.78 is 6.54. The molecule has 0 aromatic heterocycles. The molecule has 1 saturated heterocycles. The van der Waals surface area contributed by atoms with Crippen LogP contribution in [-0.4, -0.2) is 18.4 Å².